The van der Waals surface area contributed by atoms with Crippen molar-refractivity contribution in [3.63, 3.8) is 0 Å². The van der Waals surface area contributed by atoms with Crippen LogP contribution in [-0.2, 0) is 0 Å². The van der Waals surface area contributed by atoms with Crippen LogP contribution in [0.2, 0.25) is 0 Å². The summed E-state index contributed by atoms with van der Waals surface area (Å²) in [5.74, 6) is 0. The Hall–Kier alpha value is 0.0774. The van der Waals surface area contributed by atoms with Gasteiger partial charge < -0.3 is 0 Å². The van der Waals surface area contributed by atoms with Crippen LogP contribution in [-0.4, -0.2) is 0 Å². The third-order valence-corrected chi connectivity index (χ3v) is 0.586. The van der Waals surface area contributed by atoms with Gasteiger partial charge in [-0.3, -0.25) is 6.08 Å². The van der Waals surface area contributed by atoms with Crippen molar-refractivity contribution in [3.8, 4) is 0 Å². The van der Waals surface area contributed by atoms with Crippen LogP contribution in [0.1, 0.15) is 6.42 Å². The molecule has 0 spiro atoms. The van der Waals surface area contributed by atoms with E-state index in [1.165, 1.54) is 0 Å². The molecule has 0 heterocycles. The molecule has 0 radical (unpaired) electrons. The molecule has 0 aliphatic heterocycles. The quantitative estimate of drug-likeness (QED) is 0.236. The van der Waals surface area contributed by atoms with E-state index >= 15 is 0 Å². The van der Waals surface area contributed by atoms with Crippen molar-refractivity contribution >= 4 is 0 Å². The Morgan fingerprint density at radius 3 is 2.50 bits per heavy atom. The van der Waals surface area contributed by atoms with Gasteiger partial charge in [-0.2, -0.15) is 6.08 Å². The van der Waals surface area contributed by atoms with Crippen molar-refractivity contribution in [1.29, 1.82) is 0 Å². The minimum atomic E-state index is 0. The average Bonchev–Trinajstić information content (AvgIpc) is 1.76. The molecule has 0 aromatic rings. The van der Waals surface area contributed by atoms with E-state index in [-0.39, 0.29) is 18.9 Å². The van der Waals surface area contributed by atoms with Crippen LogP contribution in [0.5, 0.6) is 0 Å². The Labute approximate surface area is 50.1 Å². The van der Waals surface area contributed by atoms with Gasteiger partial charge in [0.1, 0.15) is 0 Å². The van der Waals surface area contributed by atoms with Gasteiger partial charge in [0.25, 0.3) is 0 Å². The number of hydrogen-bond acceptors (Lipinski definition) is 0. The summed E-state index contributed by atoms with van der Waals surface area (Å²) in [7, 11) is 0. The van der Waals surface area contributed by atoms with Gasteiger partial charge >= 0.3 is 18.9 Å². The molecular weight excluding hydrogens is 67.0 g/mol. The third-order valence-electron chi connectivity index (χ3n) is 0.586. The molecule has 0 unspecified atom stereocenters. The number of allylic oxidation sites excluding steroid dienone is 4. The predicted octanol–water partition coefficient (Wildman–Crippen LogP) is -1.69. The molecule has 0 amide bonds. The monoisotopic (exact) mass is 72.1 g/mol. The molecule has 0 saturated heterocycles. The minimum Gasteiger partial charge on any atom is -0.256 e. The molecule has 0 bridgehead atoms. The van der Waals surface area contributed by atoms with Crippen molar-refractivity contribution in [2.45, 2.75) is 6.42 Å². The first-order valence-corrected chi connectivity index (χ1v) is 1.73. The van der Waals surface area contributed by atoms with Crippen LogP contribution in [0.15, 0.2) is 18.2 Å². The summed E-state index contributed by atoms with van der Waals surface area (Å²) < 4.78 is 0. The Bertz CT molecular complexity index is 62.0. The maximum absolute atomic E-state index is 2.92. The molecule has 6 heavy (non-hydrogen) atoms. The first kappa shape index (κ1) is 6.08. The summed E-state index contributed by atoms with van der Waals surface area (Å²) >= 11 is 0. The smallest absolute Gasteiger partial charge is 0.256 e. The van der Waals surface area contributed by atoms with E-state index in [1.54, 1.807) is 0 Å². The van der Waals surface area contributed by atoms with E-state index in [4.69, 9.17) is 0 Å². The molecule has 0 nitrogen and oxygen atoms in total. The third kappa shape index (κ3) is 1.50. The molecule has 1 heteroatoms. The molecule has 1 rings (SSSR count). The van der Waals surface area contributed by atoms with Crippen molar-refractivity contribution < 1.29 is 18.9 Å². The molecule has 0 aromatic carbocycles. The van der Waals surface area contributed by atoms with Crippen LogP contribution in [0.3, 0.4) is 0 Å². The Balaban J connectivity index is 0.000000250. The first-order valence-electron chi connectivity index (χ1n) is 1.73. The van der Waals surface area contributed by atoms with Crippen LogP contribution >= 0.6 is 0 Å². The van der Waals surface area contributed by atoms with E-state index in [0.29, 0.717) is 0 Å². The molecule has 0 saturated carbocycles. The predicted molar refractivity (Wildman–Crippen MR) is 21.6 cm³/mol. The summed E-state index contributed by atoms with van der Waals surface area (Å²) in [6, 6.07) is 0. The maximum Gasteiger partial charge on any atom is 1.00 e. The average molecular weight is 72.0 g/mol. The normalized spacial score (nSPS) is 14.7. The molecule has 1 aliphatic carbocycles. The first-order chi connectivity index (χ1) is 2.50. The molecule has 1 aliphatic rings. The summed E-state index contributed by atoms with van der Waals surface area (Å²) in [4.78, 5) is 0. The van der Waals surface area contributed by atoms with Gasteiger partial charge in [0.15, 0.2) is 0 Å². The fourth-order valence-corrected chi connectivity index (χ4v) is 0.340. The fourth-order valence-electron chi connectivity index (χ4n) is 0.340. The van der Waals surface area contributed by atoms with Gasteiger partial charge in [-0.15, -0.1) is 6.42 Å². The van der Waals surface area contributed by atoms with Gasteiger partial charge in [-0.05, 0) is 0 Å². The van der Waals surface area contributed by atoms with Gasteiger partial charge in [0.2, 0.25) is 0 Å². The van der Waals surface area contributed by atoms with Crippen LogP contribution in [0, 0.1) is 6.08 Å². The van der Waals surface area contributed by atoms with Crippen LogP contribution < -0.4 is 18.9 Å². The SMILES string of the molecule is [C-]1=CCC=C1.[Li+]. The number of rotatable bonds is 0. The Kier molecular flexibility index (Phi) is 3.32. The topological polar surface area (TPSA) is 0 Å². The van der Waals surface area contributed by atoms with Gasteiger partial charge in [-0.25, -0.2) is 12.2 Å². The van der Waals surface area contributed by atoms with Crippen LogP contribution in [0.25, 0.3) is 0 Å². The van der Waals surface area contributed by atoms with Crippen molar-refractivity contribution in [3.05, 3.63) is 24.3 Å². The zero-order valence-electron chi connectivity index (χ0n) is 3.94. The number of hydrogen-bond donors (Lipinski definition) is 0. The summed E-state index contributed by atoms with van der Waals surface area (Å²) in [5, 5.41) is 0. The van der Waals surface area contributed by atoms with Crippen LogP contribution in [0.4, 0.5) is 0 Å². The Morgan fingerprint density at radius 1 is 1.50 bits per heavy atom. The largest absolute Gasteiger partial charge is 1.00 e. The molecule has 26 valence electrons. The van der Waals surface area contributed by atoms with Gasteiger partial charge in [0.05, 0.1) is 0 Å². The second-order valence-electron chi connectivity index (χ2n) is 1.01. The standard InChI is InChI=1S/C5H5.Li/c1-2-4-5-3-1;/h1-2,5H,3H2;/q-1;+1. The molecule has 0 fully saturated rings. The Morgan fingerprint density at radius 2 is 2.33 bits per heavy atom. The van der Waals surface area contributed by atoms with Crippen molar-refractivity contribution in [2.75, 3.05) is 0 Å². The summed E-state index contributed by atoms with van der Waals surface area (Å²) in [5.41, 5.74) is 0. The second-order valence-corrected chi connectivity index (χ2v) is 1.01. The minimum absolute atomic E-state index is 0. The maximum atomic E-state index is 2.92. The van der Waals surface area contributed by atoms with Crippen molar-refractivity contribution in [1.82, 2.24) is 0 Å². The van der Waals surface area contributed by atoms with Crippen molar-refractivity contribution in [2.24, 2.45) is 0 Å². The molecular formula is C5H5Li. The van der Waals surface area contributed by atoms with Gasteiger partial charge in [0, 0.05) is 0 Å². The summed E-state index contributed by atoms with van der Waals surface area (Å²) in [6.07, 6.45) is 10.0. The van der Waals surface area contributed by atoms with E-state index in [1.807, 2.05) is 12.2 Å². The van der Waals surface area contributed by atoms with E-state index in [0.717, 1.165) is 6.42 Å². The zero-order valence-corrected chi connectivity index (χ0v) is 3.94. The van der Waals surface area contributed by atoms with E-state index in [9.17, 15) is 0 Å². The second kappa shape index (κ2) is 3.27. The summed E-state index contributed by atoms with van der Waals surface area (Å²) in [6.45, 7) is 0. The van der Waals surface area contributed by atoms with E-state index in [2.05, 4.69) is 12.2 Å². The molecule has 0 aromatic heterocycles. The molecule has 0 atom stereocenters. The van der Waals surface area contributed by atoms with Gasteiger partial charge in [-0.1, -0.05) is 0 Å². The molecule has 0 N–H and O–H groups in total. The zero-order chi connectivity index (χ0) is 3.54. The van der Waals surface area contributed by atoms with E-state index < -0.39 is 0 Å². The fraction of sp³-hybridized carbons (Fsp3) is 0.200.